The van der Waals surface area contributed by atoms with E-state index < -0.39 is 0 Å². The highest BCUT2D eigenvalue weighted by molar-refractivity contribution is 5.70. The standard InChI is InChI=1S/C13H25NO2/c1-3-14-11(2)10-13(15)16-12-8-6-4-5-7-9-12/h11-12,14H,3-10H2,1-2H3. The molecule has 0 bridgehead atoms. The monoisotopic (exact) mass is 227 g/mol. The second kappa shape index (κ2) is 7.66. The van der Waals surface area contributed by atoms with E-state index in [2.05, 4.69) is 5.32 Å². The Balaban J connectivity index is 2.21. The van der Waals surface area contributed by atoms with E-state index in [0.29, 0.717) is 6.42 Å². The third-order valence-corrected chi connectivity index (χ3v) is 3.13. The van der Waals surface area contributed by atoms with Gasteiger partial charge >= 0.3 is 5.97 Å². The Morgan fingerprint density at radius 3 is 2.50 bits per heavy atom. The molecular formula is C13H25NO2. The van der Waals surface area contributed by atoms with Gasteiger partial charge in [-0.25, -0.2) is 0 Å². The number of carbonyl (C=O) groups is 1. The summed E-state index contributed by atoms with van der Waals surface area (Å²) in [7, 11) is 0. The summed E-state index contributed by atoms with van der Waals surface area (Å²) in [6.45, 7) is 4.98. The van der Waals surface area contributed by atoms with Gasteiger partial charge in [0.25, 0.3) is 0 Å². The van der Waals surface area contributed by atoms with Crippen LogP contribution in [0.1, 0.15) is 58.8 Å². The fraction of sp³-hybridized carbons (Fsp3) is 0.923. The lowest BCUT2D eigenvalue weighted by molar-refractivity contribution is -0.150. The van der Waals surface area contributed by atoms with Gasteiger partial charge < -0.3 is 10.1 Å². The van der Waals surface area contributed by atoms with Crippen LogP contribution in [-0.2, 0) is 9.53 Å². The Bertz CT molecular complexity index is 198. The molecule has 1 N–H and O–H groups in total. The highest BCUT2D eigenvalue weighted by Gasteiger charge is 2.17. The number of nitrogens with one attached hydrogen (secondary N) is 1. The second-order valence-corrected chi connectivity index (χ2v) is 4.77. The van der Waals surface area contributed by atoms with Crippen LogP contribution in [-0.4, -0.2) is 24.7 Å². The van der Waals surface area contributed by atoms with E-state index in [1.807, 2.05) is 13.8 Å². The van der Waals surface area contributed by atoms with Gasteiger partial charge in [0.2, 0.25) is 0 Å². The average Bonchev–Trinajstić information content (AvgIpc) is 2.46. The topological polar surface area (TPSA) is 38.3 Å². The summed E-state index contributed by atoms with van der Waals surface area (Å²) < 4.78 is 5.51. The van der Waals surface area contributed by atoms with Gasteiger partial charge in [0.15, 0.2) is 0 Å². The Kier molecular flexibility index (Phi) is 6.46. The van der Waals surface area contributed by atoms with E-state index in [4.69, 9.17) is 4.74 Å². The molecule has 1 unspecified atom stereocenters. The molecule has 0 radical (unpaired) electrons. The van der Waals surface area contributed by atoms with Crippen molar-refractivity contribution < 1.29 is 9.53 Å². The smallest absolute Gasteiger partial charge is 0.307 e. The highest BCUT2D eigenvalue weighted by atomic mass is 16.5. The van der Waals surface area contributed by atoms with Gasteiger partial charge in [0.1, 0.15) is 6.10 Å². The number of esters is 1. The molecule has 16 heavy (non-hydrogen) atoms. The fourth-order valence-corrected chi connectivity index (χ4v) is 2.26. The molecule has 1 saturated carbocycles. The minimum Gasteiger partial charge on any atom is -0.462 e. The zero-order valence-corrected chi connectivity index (χ0v) is 10.6. The number of hydrogen-bond acceptors (Lipinski definition) is 3. The zero-order valence-electron chi connectivity index (χ0n) is 10.6. The van der Waals surface area contributed by atoms with E-state index >= 15 is 0 Å². The minimum atomic E-state index is -0.0413. The molecule has 0 aliphatic heterocycles. The quantitative estimate of drug-likeness (QED) is 0.579. The maximum absolute atomic E-state index is 11.6. The first-order valence-electron chi connectivity index (χ1n) is 6.65. The predicted octanol–water partition coefficient (Wildman–Crippen LogP) is 2.64. The van der Waals surface area contributed by atoms with Crippen molar-refractivity contribution in [2.45, 2.75) is 70.9 Å². The Hall–Kier alpha value is -0.570. The first-order chi connectivity index (χ1) is 7.72. The molecule has 1 atom stereocenters. The van der Waals surface area contributed by atoms with Crippen LogP contribution in [0.3, 0.4) is 0 Å². The Morgan fingerprint density at radius 2 is 1.94 bits per heavy atom. The molecule has 0 spiro atoms. The van der Waals surface area contributed by atoms with Gasteiger partial charge in [-0.15, -0.1) is 0 Å². The van der Waals surface area contributed by atoms with Crippen molar-refractivity contribution in [3.05, 3.63) is 0 Å². The van der Waals surface area contributed by atoms with Crippen LogP contribution in [0.25, 0.3) is 0 Å². The van der Waals surface area contributed by atoms with Crippen molar-refractivity contribution in [3.63, 3.8) is 0 Å². The molecule has 1 aliphatic carbocycles. The summed E-state index contributed by atoms with van der Waals surface area (Å²) >= 11 is 0. The number of hydrogen-bond donors (Lipinski definition) is 1. The molecule has 3 nitrogen and oxygen atoms in total. The van der Waals surface area contributed by atoms with E-state index in [9.17, 15) is 4.79 Å². The Morgan fingerprint density at radius 1 is 1.31 bits per heavy atom. The summed E-state index contributed by atoms with van der Waals surface area (Å²) in [5, 5.41) is 3.23. The molecule has 3 heteroatoms. The molecule has 0 amide bonds. The maximum atomic E-state index is 11.6. The highest BCUT2D eigenvalue weighted by Crippen LogP contribution is 2.20. The molecule has 1 fully saturated rings. The molecule has 0 saturated heterocycles. The normalized spacial score (nSPS) is 20.1. The van der Waals surface area contributed by atoms with E-state index in [1.165, 1.54) is 25.7 Å². The molecule has 1 aliphatic rings. The van der Waals surface area contributed by atoms with Crippen molar-refractivity contribution >= 4 is 5.97 Å². The molecule has 0 aromatic heterocycles. The van der Waals surface area contributed by atoms with Gasteiger partial charge in [-0.05, 0) is 39.2 Å². The van der Waals surface area contributed by atoms with Gasteiger partial charge in [0, 0.05) is 6.04 Å². The van der Waals surface area contributed by atoms with Crippen molar-refractivity contribution in [2.75, 3.05) is 6.54 Å². The van der Waals surface area contributed by atoms with Crippen LogP contribution in [0.2, 0.25) is 0 Å². The summed E-state index contributed by atoms with van der Waals surface area (Å²) in [6.07, 6.45) is 7.79. The lowest BCUT2D eigenvalue weighted by Crippen LogP contribution is -2.30. The number of ether oxygens (including phenoxy) is 1. The summed E-state index contributed by atoms with van der Waals surface area (Å²) in [5.41, 5.74) is 0. The molecule has 0 heterocycles. The van der Waals surface area contributed by atoms with Crippen molar-refractivity contribution in [1.29, 1.82) is 0 Å². The van der Waals surface area contributed by atoms with E-state index in [1.54, 1.807) is 0 Å². The van der Waals surface area contributed by atoms with Crippen LogP contribution in [0, 0.1) is 0 Å². The second-order valence-electron chi connectivity index (χ2n) is 4.77. The van der Waals surface area contributed by atoms with Crippen LogP contribution in [0.4, 0.5) is 0 Å². The lowest BCUT2D eigenvalue weighted by atomic mass is 10.1. The fourth-order valence-electron chi connectivity index (χ4n) is 2.26. The van der Waals surface area contributed by atoms with Crippen molar-refractivity contribution in [3.8, 4) is 0 Å². The first-order valence-corrected chi connectivity index (χ1v) is 6.65. The van der Waals surface area contributed by atoms with E-state index in [-0.39, 0.29) is 18.1 Å². The molecule has 0 aromatic carbocycles. The first kappa shape index (κ1) is 13.5. The van der Waals surface area contributed by atoms with E-state index in [0.717, 1.165) is 19.4 Å². The molecular weight excluding hydrogens is 202 g/mol. The molecule has 1 rings (SSSR count). The predicted molar refractivity (Wildman–Crippen MR) is 65.3 cm³/mol. The Labute approximate surface area is 98.9 Å². The average molecular weight is 227 g/mol. The third kappa shape index (κ3) is 5.50. The van der Waals surface area contributed by atoms with Crippen LogP contribution < -0.4 is 5.32 Å². The van der Waals surface area contributed by atoms with Gasteiger partial charge in [-0.1, -0.05) is 19.8 Å². The summed E-state index contributed by atoms with van der Waals surface area (Å²) in [5.74, 6) is -0.0413. The zero-order chi connectivity index (χ0) is 11.8. The summed E-state index contributed by atoms with van der Waals surface area (Å²) in [4.78, 5) is 11.6. The van der Waals surface area contributed by atoms with Gasteiger partial charge in [-0.3, -0.25) is 4.79 Å². The lowest BCUT2D eigenvalue weighted by Gasteiger charge is -2.17. The molecule has 0 aromatic rings. The molecule has 94 valence electrons. The minimum absolute atomic E-state index is 0.0413. The van der Waals surface area contributed by atoms with Crippen LogP contribution in [0.5, 0.6) is 0 Å². The number of carbonyl (C=O) groups excluding carboxylic acids is 1. The van der Waals surface area contributed by atoms with Gasteiger partial charge in [0.05, 0.1) is 6.42 Å². The van der Waals surface area contributed by atoms with Crippen LogP contribution in [0.15, 0.2) is 0 Å². The third-order valence-electron chi connectivity index (χ3n) is 3.13. The SMILES string of the molecule is CCNC(C)CC(=O)OC1CCCCCC1. The number of rotatable bonds is 5. The van der Waals surface area contributed by atoms with Gasteiger partial charge in [-0.2, -0.15) is 0 Å². The largest absolute Gasteiger partial charge is 0.462 e. The van der Waals surface area contributed by atoms with Crippen molar-refractivity contribution in [2.24, 2.45) is 0 Å². The maximum Gasteiger partial charge on any atom is 0.307 e. The van der Waals surface area contributed by atoms with Crippen molar-refractivity contribution in [1.82, 2.24) is 5.32 Å². The van der Waals surface area contributed by atoms with Crippen LogP contribution >= 0.6 is 0 Å². The summed E-state index contributed by atoms with van der Waals surface area (Å²) in [6, 6.07) is 0.225.